The molecule has 0 radical (unpaired) electrons. The molecule has 0 atom stereocenters. The standard InChI is InChI=1S/C23H24ClN3OS.CH4/c1-28-27-15-12-23(13-16-27,19-7-9-20(24)10-8-19)18-5-3-17(4-6-18)21-11-14-25-22(26-21)29-2;/h3-11,14H,12-13,15-16H2,1-2H3;1H4. The minimum Gasteiger partial charge on any atom is -0.302 e. The molecule has 1 aliphatic rings. The van der Waals surface area contributed by atoms with Crippen molar-refractivity contribution in [2.24, 2.45) is 0 Å². The summed E-state index contributed by atoms with van der Waals surface area (Å²) in [5.41, 5.74) is 4.63. The normalized spacial score (nSPS) is 16.1. The Balaban J connectivity index is 0.00000256. The molecule has 0 N–H and O–H groups in total. The number of thioether (sulfide) groups is 1. The molecule has 0 amide bonds. The van der Waals surface area contributed by atoms with E-state index in [0.717, 1.165) is 47.4 Å². The van der Waals surface area contributed by atoms with E-state index in [1.807, 2.05) is 35.7 Å². The van der Waals surface area contributed by atoms with Gasteiger partial charge in [0.25, 0.3) is 0 Å². The molecular formula is C24H28ClN3OS. The molecule has 1 aliphatic heterocycles. The maximum atomic E-state index is 6.16. The van der Waals surface area contributed by atoms with Gasteiger partial charge in [-0.3, -0.25) is 0 Å². The van der Waals surface area contributed by atoms with Gasteiger partial charge in [0.2, 0.25) is 0 Å². The van der Waals surface area contributed by atoms with Crippen molar-refractivity contribution in [3.63, 3.8) is 0 Å². The Morgan fingerprint density at radius 1 is 0.967 bits per heavy atom. The lowest BCUT2D eigenvalue weighted by Gasteiger charge is -2.42. The predicted molar refractivity (Wildman–Crippen MR) is 126 cm³/mol. The molecule has 0 aliphatic carbocycles. The summed E-state index contributed by atoms with van der Waals surface area (Å²) in [5.74, 6) is 0. The number of benzene rings is 2. The first-order valence-corrected chi connectivity index (χ1v) is 11.3. The first-order chi connectivity index (χ1) is 14.1. The lowest BCUT2D eigenvalue weighted by atomic mass is 9.68. The largest absolute Gasteiger partial charge is 0.302 e. The van der Waals surface area contributed by atoms with Gasteiger partial charge >= 0.3 is 0 Å². The van der Waals surface area contributed by atoms with Gasteiger partial charge in [-0.2, -0.15) is 5.06 Å². The molecule has 4 rings (SSSR count). The summed E-state index contributed by atoms with van der Waals surface area (Å²) in [6.45, 7) is 1.79. The van der Waals surface area contributed by atoms with Gasteiger partial charge in [-0.15, -0.1) is 0 Å². The van der Waals surface area contributed by atoms with Gasteiger partial charge in [-0.25, -0.2) is 9.97 Å². The van der Waals surface area contributed by atoms with Gasteiger partial charge < -0.3 is 4.84 Å². The molecule has 1 aromatic heterocycles. The number of halogens is 1. The Labute approximate surface area is 188 Å². The highest BCUT2D eigenvalue weighted by Crippen LogP contribution is 2.42. The van der Waals surface area contributed by atoms with Crippen LogP contribution in [0.5, 0.6) is 0 Å². The number of piperidine rings is 1. The monoisotopic (exact) mass is 441 g/mol. The summed E-state index contributed by atoms with van der Waals surface area (Å²) in [7, 11) is 1.74. The van der Waals surface area contributed by atoms with Crippen LogP contribution < -0.4 is 0 Å². The highest BCUT2D eigenvalue weighted by molar-refractivity contribution is 7.98. The van der Waals surface area contributed by atoms with Gasteiger partial charge in [-0.1, -0.05) is 67.2 Å². The summed E-state index contributed by atoms with van der Waals surface area (Å²) in [5, 5.41) is 3.59. The molecule has 0 bridgehead atoms. The Kier molecular flexibility index (Phi) is 7.53. The van der Waals surface area contributed by atoms with Crippen LogP contribution >= 0.6 is 23.4 Å². The second-order valence-electron chi connectivity index (χ2n) is 7.21. The quantitative estimate of drug-likeness (QED) is 0.353. The fraction of sp³-hybridized carbons (Fsp3) is 0.333. The minimum atomic E-state index is -0.0474. The number of hydrogen-bond acceptors (Lipinski definition) is 5. The van der Waals surface area contributed by atoms with Crippen molar-refractivity contribution in [3.05, 3.63) is 76.9 Å². The van der Waals surface area contributed by atoms with Crippen LogP contribution in [0.1, 0.15) is 31.4 Å². The van der Waals surface area contributed by atoms with E-state index in [4.69, 9.17) is 16.4 Å². The summed E-state index contributed by atoms with van der Waals surface area (Å²) in [4.78, 5) is 14.4. The van der Waals surface area contributed by atoms with E-state index in [1.165, 1.54) is 11.1 Å². The number of hydrogen-bond donors (Lipinski definition) is 0. The first-order valence-electron chi connectivity index (χ1n) is 9.68. The molecule has 0 spiro atoms. The second kappa shape index (κ2) is 9.92. The molecule has 4 nitrogen and oxygen atoms in total. The van der Waals surface area contributed by atoms with Gasteiger partial charge in [0.1, 0.15) is 0 Å². The van der Waals surface area contributed by atoms with Crippen molar-refractivity contribution in [1.82, 2.24) is 15.0 Å². The molecule has 6 heteroatoms. The number of rotatable bonds is 5. The van der Waals surface area contributed by atoms with Crippen LogP contribution in [-0.2, 0) is 10.3 Å². The Hall–Kier alpha value is -1.92. The van der Waals surface area contributed by atoms with Crippen molar-refractivity contribution in [2.45, 2.75) is 30.8 Å². The molecule has 158 valence electrons. The third-order valence-corrected chi connectivity index (χ3v) is 6.59. The van der Waals surface area contributed by atoms with E-state index in [9.17, 15) is 0 Å². The van der Waals surface area contributed by atoms with Crippen LogP contribution in [0.25, 0.3) is 11.3 Å². The van der Waals surface area contributed by atoms with Crippen molar-refractivity contribution < 1.29 is 4.84 Å². The van der Waals surface area contributed by atoms with Crippen molar-refractivity contribution in [2.75, 3.05) is 26.5 Å². The third kappa shape index (κ3) is 4.54. The van der Waals surface area contributed by atoms with Crippen LogP contribution in [0.2, 0.25) is 5.02 Å². The van der Waals surface area contributed by atoms with Crippen molar-refractivity contribution >= 4 is 23.4 Å². The summed E-state index contributed by atoms with van der Waals surface area (Å²) in [6, 6.07) is 19.1. The van der Waals surface area contributed by atoms with E-state index in [-0.39, 0.29) is 12.8 Å². The Bertz CT molecular complexity index is 955. The molecule has 1 saturated heterocycles. The smallest absolute Gasteiger partial charge is 0.187 e. The topological polar surface area (TPSA) is 38.2 Å². The van der Waals surface area contributed by atoms with E-state index in [1.54, 1.807) is 18.9 Å². The first kappa shape index (κ1) is 22.8. The fourth-order valence-corrected chi connectivity index (χ4v) is 4.61. The second-order valence-corrected chi connectivity index (χ2v) is 8.42. The van der Waals surface area contributed by atoms with Crippen LogP contribution in [-0.4, -0.2) is 41.5 Å². The van der Waals surface area contributed by atoms with Crippen LogP contribution in [0, 0.1) is 0 Å². The maximum Gasteiger partial charge on any atom is 0.187 e. The molecular weight excluding hydrogens is 414 g/mol. The average molecular weight is 442 g/mol. The third-order valence-electron chi connectivity index (χ3n) is 5.78. The zero-order valence-corrected chi connectivity index (χ0v) is 18.2. The summed E-state index contributed by atoms with van der Waals surface area (Å²) >= 11 is 7.71. The number of nitrogens with zero attached hydrogens (tertiary/aromatic N) is 3. The molecule has 2 aromatic carbocycles. The molecule has 1 fully saturated rings. The Morgan fingerprint density at radius 2 is 1.57 bits per heavy atom. The predicted octanol–water partition coefficient (Wildman–Crippen LogP) is 6.10. The summed E-state index contributed by atoms with van der Waals surface area (Å²) < 4.78 is 0. The van der Waals surface area contributed by atoms with Crippen LogP contribution in [0.15, 0.2) is 66.0 Å². The molecule has 3 aromatic rings. The summed E-state index contributed by atoms with van der Waals surface area (Å²) in [6.07, 6.45) is 5.79. The van der Waals surface area contributed by atoms with Gasteiger partial charge in [0.15, 0.2) is 5.16 Å². The average Bonchev–Trinajstić information content (AvgIpc) is 2.80. The lowest BCUT2D eigenvalue weighted by Crippen LogP contribution is -2.42. The maximum absolute atomic E-state index is 6.16. The number of hydroxylamine groups is 2. The highest BCUT2D eigenvalue weighted by Gasteiger charge is 2.38. The lowest BCUT2D eigenvalue weighted by molar-refractivity contribution is -0.148. The van der Waals surface area contributed by atoms with Crippen molar-refractivity contribution in [3.8, 4) is 11.3 Å². The molecule has 30 heavy (non-hydrogen) atoms. The van der Waals surface area contributed by atoms with Gasteiger partial charge in [-0.05, 0) is 48.4 Å². The van der Waals surface area contributed by atoms with E-state index >= 15 is 0 Å². The zero-order valence-electron chi connectivity index (χ0n) is 16.6. The minimum absolute atomic E-state index is 0. The number of aromatic nitrogens is 2. The molecule has 0 unspecified atom stereocenters. The molecule has 0 saturated carbocycles. The van der Waals surface area contributed by atoms with Gasteiger partial charge in [0.05, 0.1) is 12.8 Å². The van der Waals surface area contributed by atoms with Crippen molar-refractivity contribution in [1.29, 1.82) is 0 Å². The Morgan fingerprint density at radius 3 is 2.13 bits per heavy atom. The van der Waals surface area contributed by atoms with Gasteiger partial charge in [0, 0.05) is 35.3 Å². The van der Waals surface area contributed by atoms with Crippen LogP contribution in [0.3, 0.4) is 0 Å². The SMILES string of the molecule is C.CON1CCC(c2ccc(Cl)cc2)(c2ccc(-c3ccnc(SC)n3)cc2)CC1. The van der Waals surface area contributed by atoms with E-state index in [0.29, 0.717) is 0 Å². The van der Waals surface area contributed by atoms with Crippen LogP contribution in [0.4, 0.5) is 0 Å². The molecule has 2 heterocycles. The fourth-order valence-electron chi connectivity index (χ4n) is 4.12. The van der Waals surface area contributed by atoms with E-state index in [2.05, 4.69) is 46.4 Å². The van der Waals surface area contributed by atoms with E-state index < -0.39 is 0 Å². The zero-order chi connectivity index (χ0) is 20.3. The highest BCUT2D eigenvalue weighted by atomic mass is 35.5.